The molecular formula is C21H19FN6O3. The number of ether oxygens (including phenoxy) is 1. The number of H-pyrrole nitrogens is 1. The maximum absolute atomic E-state index is 14.1. The largest absolute Gasteiger partial charge is 0.451 e. The number of rotatable bonds is 3. The number of piperazine rings is 1. The summed E-state index contributed by atoms with van der Waals surface area (Å²) in [6.45, 7) is 1.59. The van der Waals surface area contributed by atoms with E-state index in [-0.39, 0.29) is 22.9 Å². The van der Waals surface area contributed by atoms with Gasteiger partial charge in [0.2, 0.25) is 5.58 Å². The Kier molecular flexibility index (Phi) is 3.90. The highest BCUT2D eigenvalue weighted by Gasteiger charge is 2.33. The lowest BCUT2D eigenvalue weighted by molar-refractivity contribution is 0.463. The standard InChI is InChI=1S/C21H19FN6O3/c22-13-6-7-15(18-17(13)25-20(23)31-18)30-14-3-1-2-12-16(14)26-21(29)27-19(12)28-8-10-4-5-11(9-28)24-10/h1-3,6-7,10-11,24H,4-5,8-9H2,(H2,23,25)(H,26,27,29). The number of aromatic nitrogens is 3. The zero-order valence-electron chi connectivity index (χ0n) is 16.4. The molecule has 2 atom stereocenters. The van der Waals surface area contributed by atoms with Gasteiger partial charge in [0, 0.05) is 30.6 Å². The third kappa shape index (κ3) is 2.98. The summed E-state index contributed by atoms with van der Waals surface area (Å²) >= 11 is 0. The van der Waals surface area contributed by atoms with E-state index in [2.05, 4.69) is 25.2 Å². The van der Waals surface area contributed by atoms with E-state index in [1.54, 1.807) is 6.07 Å². The molecule has 2 aliphatic heterocycles. The lowest BCUT2D eigenvalue weighted by atomic mass is 10.1. The van der Waals surface area contributed by atoms with E-state index in [4.69, 9.17) is 14.9 Å². The molecule has 2 unspecified atom stereocenters. The first kappa shape index (κ1) is 18.1. The van der Waals surface area contributed by atoms with E-state index in [9.17, 15) is 9.18 Å². The van der Waals surface area contributed by atoms with E-state index in [1.807, 2.05) is 12.1 Å². The molecule has 0 amide bonds. The van der Waals surface area contributed by atoms with Crippen molar-refractivity contribution in [2.45, 2.75) is 24.9 Å². The molecule has 31 heavy (non-hydrogen) atoms. The Labute approximate surface area is 175 Å². The maximum atomic E-state index is 14.1. The summed E-state index contributed by atoms with van der Waals surface area (Å²) in [5.41, 5.74) is 5.73. The van der Waals surface area contributed by atoms with Gasteiger partial charge in [-0.3, -0.25) is 0 Å². The quantitative estimate of drug-likeness (QED) is 0.460. The first-order chi connectivity index (χ1) is 15.0. The second-order valence-electron chi connectivity index (χ2n) is 7.96. The number of anilines is 2. The summed E-state index contributed by atoms with van der Waals surface area (Å²) in [5.74, 6) is 0.705. The zero-order chi connectivity index (χ0) is 21.1. The molecule has 2 aliphatic rings. The summed E-state index contributed by atoms with van der Waals surface area (Å²) in [4.78, 5) is 25.5. The molecule has 10 heteroatoms. The molecule has 4 heterocycles. The molecule has 2 aromatic carbocycles. The first-order valence-electron chi connectivity index (χ1n) is 10.1. The number of aromatic amines is 1. The van der Waals surface area contributed by atoms with Crippen LogP contribution in [0.2, 0.25) is 0 Å². The van der Waals surface area contributed by atoms with Crippen LogP contribution in [0.25, 0.3) is 22.0 Å². The fourth-order valence-corrected chi connectivity index (χ4v) is 4.60. The molecule has 0 saturated carbocycles. The predicted molar refractivity (Wildman–Crippen MR) is 113 cm³/mol. The Morgan fingerprint density at radius 1 is 1.13 bits per heavy atom. The normalized spacial score (nSPS) is 20.6. The molecule has 4 N–H and O–H groups in total. The number of benzene rings is 2. The number of halogens is 1. The number of nitrogens with two attached hydrogens (primary N) is 1. The topological polar surface area (TPSA) is 122 Å². The van der Waals surface area contributed by atoms with E-state index >= 15 is 0 Å². The smallest absolute Gasteiger partial charge is 0.347 e. The van der Waals surface area contributed by atoms with Crippen LogP contribution in [0.3, 0.4) is 0 Å². The van der Waals surface area contributed by atoms with E-state index in [0.29, 0.717) is 29.2 Å². The lowest BCUT2D eigenvalue weighted by Gasteiger charge is -2.34. The first-order valence-corrected chi connectivity index (χ1v) is 10.1. The van der Waals surface area contributed by atoms with Gasteiger partial charge in [-0.1, -0.05) is 6.07 Å². The van der Waals surface area contributed by atoms with Gasteiger partial charge in [-0.05, 0) is 37.1 Å². The predicted octanol–water partition coefficient (Wildman–Crippen LogP) is 2.52. The van der Waals surface area contributed by atoms with Gasteiger partial charge < -0.3 is 30.1 Å². The number of oxazole rings is 1. The van der Waals surface area contributed by atoms with Crippen molar-refractivity contribution in [2.75, 3.05) is 23.7 Å². The fourth-order valence-electron chi connectivity index (χ4n) is 4.60. The molecule has 2 fully saturated rings. The SMILES string of the molecule is Nc1nc2c(F)ccc(Oc3cccc4c(N5CC6CCC(C5)N6)nc(=O)[nH]c34)c2o1. The van der Waals surface area contributed by atoms with Gasteiger partial charge in [0.15, 0.2) is 22.8 Å². The van der Waals surface area contributed by atoms with Crippen LogP contribution in [-0.4, -0.2) is 40.1 Å². The minimum absolute atomic E-state index is 0.0117. The molecule has 0 spiro atoms. The Balaban J connectivity index is 1.46. The number of fused-ring (bicyclic) bond motifs is 4. The van der Waals surface area contributed by atoms with Crippen molar-refractivity contribution < 1.29 is 13.5 Å². The van der Waals surface area contributed by atoms with Gasteiger partial charge in [0.1, 0.15) is 5.82 Å². The third-order valence-corrected chi connectivity index (χ3v) is 5.92. The highest BCUT2D eigenvalue weighted by Crippen LogP contribution is 2.37. The van der Waals surface area contributed by atoms with Gasteiger partial charge in [-0.2, -0.15) is 9.97 Å². The van der Waals surface area contributed by atoms with Crippen molar-refractivity contribution in [3.05, 3.63) is 46.6 Å². The number of hydrogen-bond donors (Lipinski definition) is 3. The van der Waals surface area contributed by atoms with E-state index < -0.39 is 11.5 Å². The summed E-state index contributed by atoms with van der Waals surface area (Å²) in [6.07, 6.45) is 2.25. The van der Waals surface area contributed by atoms with Gasteiger partial charge >= 0.3 is 5.69 Å². The minimum Gasteiger partial charge on any atom is -0.451 e. The minimum atomic E-state index is -0.561. The Morgan fingerprint density at radius 2 is 1.94 bits per heavy atom. The number of nitrogen functional groups attached to an aromatic ring is 1. The number of nitrogens with zero attached hydrogens (tertiary/aromatic N) is 3. The van der Waals surface area contributed by atoms with Crippen LogP contribution < -0.4 is 26.4 Å². The third-order valence-electron chi connectivity index (χ3n) is 5.92. The average molecular weight is 422 g/mol. The Morgan fingerprint density at radius 3 is 2.74 bits per heavy atom. The summed E-state index contributed by atoms with van der Waals surface area (Å²) in [6, 6.07) is 8.77. The molecule has 0 radical (unpaired) electrons. The Hall–Kier alpha value is -3.66. The van der Waals surface area contributed by atoms with Crippen LogP contribution in [0.15, 0.2) is 39.5 Å². The molecule has 2 bridgehead atoms. The van der Waals surface area contributed by atoms with Crippen molar-refractivity contribution in [3.8, 4) is 11.5 Å². The Bertz CT molecular complexity index is 1370. The number of hydrogen-bond acceptors (Lipinski definition) is 8. The van der Waals surface area contributed by atoms with Crippen LogP contribution >= 0.6 is 0 Å². The lowest BCUT2D eigenvalue weighted by Crippen LogP contribution is -2.51. The highest BCUT2D eigenvalue weighted by molar-refractivity contribution is 5.94. The zero-order valence-corrected chi connectivity index (χ0v) is 16.4. The maximum Gasteiger partial charge on any atom is 0.347 e. The van der Waals surface area contributed by atoms with Gasteiger partial charge in [-0.15, -0.1) is 0 Å². The van der Waals surface area contributed by atoms with Crippen LogP contribution in [0.5, 0.6) is 11.5 Å². The van der Waals surface area contributed by atoms with E-state index in [1.165, 1.54) is 12.1 Å². The van der Waals surface area contributed by atoms with Crippen molar-refractivity contribution in [1.29, 1.82) is 0 Å². The summed E-state index contributed by atoms with van der Waals surface area (Å²) < 4.78 is 25.4. The molecule has 158 valence electrons. The molecule has 2 saturated heterocycles. The molecule has 9 nitrogen and oxygen atoms in total. The molecular weight excluding hydrogens is 403 g/mol. The van der Waals surface area contributed by atoms with Gasteiger partial charge in [0.05, 0.1) is 5.52 Å². The van der Waals surface area contributed by atoms with Crippen LogP contribution in [0, 0.1) is 5.82 Å². The molecule has 6 rings (SSSR count). The monoisotopic (exact) mass is 422 g/mol. The number of para-hydroxylation sites is 1. The molecule has 2 aromatic heterocycles. The average Bonchev–Trinajstić information content (AvgIpc) is 3.31. The summed E-state index contributed by atoms with van der Waals surface area (Å²) in [7, 11) is 0. The van der Waals surface area contributed by atoms with Crippen molar-refractivity contribution in [3.63, 3.8) is 0 Å². The van der Waals surface area contributed by atoms with Crippen molar-refractivity contribution in [2.24, 2.45) is 0 Å². The fraction of sp³-hybridized carbons (Fsp3) is 0.286. The van der Waals surface area contributed by atoms with Gasteiger partial charge in [-0.25, -0.2) is 9.18 Å². The van der Waals surface area contributed by atoms with Crippen LogP contribution in [0.4, 0.5) is 16.2 Å². The van der Waals surface area contributed by atoms with Crippen LogP contribution in [-0.2, 0) is 0 Å². The highest BCUT2D eigenvalue weighted by atomic mass is 19.1. The second kappa shape index (κ2) is 6.67. The van der Waals surface area contributed by atoms with Crippen molar-refractivity contribution >= 4 is 33.8 Å². The van der Waals surface area contributed by atoms with Crippen molar-refractivity contribution in [1.82, 2.24) is 20.3 Å². The van der Waals surface area contributed by atoms with E-state index in [0.717, 1.165) is 31.3 Å². The van der Waals surface area contributed by atoms with Gasteiger partial charge in [0.25, 0.3) is 6.01 Å². The number of nitrogens with one attached hydrogen (secondary N) is 2. The molecule has 0 aliphatic carbocycles. The summed E-state index contributed by atoms with van der Waals surface area (Å²) in [5, 5.41) is 4.36. The second-order valence-corrected chi connectivity index (χ2v) is 7.96. The van der Waals surface area contributed by atoms with Crippen LogP contribution in [0.1, 0.15) is 12.8 Å². The molecule has 4 aromatic rings.